The third-order valence-corrected chi connectivity index (χ3v) is 3.05. The van der Waals surface area contributed by atoms with Crippen LogP contribution in [0.1, 0.15) is 11.1 Å². The molecule has 0 radical (unpaired) electrons. The first-order chi connectivity index (χ1) is 5.79. The van der Waals surface area contributed by atoms with Crippen LogP contribution in [0.2, 0.25) is 0 Å². The van der Waals surface area contributed by atoms with Crippen LogP contribution in [0.25, 0.3) is 0 Å². The maximum Gasteiger partial charge on any atom is 0.0621 e. The van der Waals surface area contributed by atoms with E-state index in [0.717, 1.165) is 12.8 Å². The lowest BCUT2D eigenvalue weighted by Crippen LogP contribution is -2.03. The first-order valence-corrected chi connectivity index (χ1v) is 5.36. The van der Waals surface area contributed by atoms with Crippen LogP contribution < -0.4 is 0 Å². The van der Waals surface area contributed by atoms with E-state index < -0.39 is 0 Å². The molecule has 0 saturated heterocycles. The second-order valence-electron chi connectivity index (χ2n) is 3.20. The van der Waals surface area contributed by atoms with E-state index >= 15 is 0 Å². The summed E-state index contributed by atoms with van der Waals surface area (Å²) in [6.45, 7) is 0. The first kappa shape index (κ1) is 8.14. The van der Waals surface area contributed by atoms with Crippen molar-refractivity contribution in [2.24, 2.45) is 0 Å². The van der Waals surface area contributed by atoms with Crippen molar-refractivity contribution in [3.8, 4) is 0 Å². The zero-order valence-electron chi connectivity index (χ0n) is 7.08. The normalized spacial score (nSPS) is 21.0. The molecule has 1 N–H and O–H groups in total. The quantitative estimate of drug-likeness (QED) is 0.666. The number of benzene rings is 1. The van der Waals surface area contributed by atoms with Gasteiger partial charge in [-0.25, -0.2) is 0 Å². The Hall–Kier alpha value is -0.470. The van der Waals surface area contributed by atoms with Gasteiger partial charge in [-0.2, -0.15) is 0 Å². The Balaban J connectivity index is 2.35. The van der Waals surface area contributed by atoms with E-state index in [2.05, 4.69) is 24.5 Å². The van der Waals surface area contributed by atoms with Gasteiger partial charge in [0.15, 0.2) is 0 Å². The lowest BCUT2D eigenvalue weighted by molar-refractivity contribution is 0.187. The van der Waals surface area contributed by atoms with Crippen LogP contribution in [0.3, 0.4) is 0 Å². The number of hydrogen-bond donors (Lipinski definition) is 1. The Bertz CT molecular complexity index is 296. The highest BCUT2D eigenvalue weighted by atomic mass is 32.2. The highest BCUT2D eigenvalue weighted by Crippen LogP contribution is 2.26. The van der Waals surface area contributed by atoms with Crippen LogP contribution in [0, 0.1) is 0 Å². The molecule has 1 aliphatic carbocycles. The fraction of sp³-hybridized carbons (Fsp3) is 0.400. The maximum absolute atomic E-state index is 9.41. The van der Waals surface area contributed by atoms with Crippen molar-refractivity contribution in [3.63, 3.8) is 0 Å². The van der Waals surface area contributed by atoms with E-state index in [4.69, 9.17) is 0 Å². The van der Waals surface area contributed by atoms with Gasteiger partial charge in [-0.05, 0) is 42.4 Å². The number of aliphatic hydroxyl groups is 1. The SMILES string of the molecule is CSc1ccc2c(c1)CC(O)C2. The van der Waals surface area contributed by atoms with E-state index in [1.165, 1.54) is 16.0 Å². The van der Waals surface area contributed by atoms with E-state index in [9.17, 15) is 5.11 Å². The molecule has 12 heavy (non-hydrogen) atoms. The molecule has 1 aromatic rings. The van der Waals surface area contributed by atoms with E-state index in [1.807, 2.05) is 0 Å². The molecule has 2 rings (SSSR count). The Labute approximate surface area is 76.8 Å². The van der Waals surface area contributed by atoms with Crippen molar-refractivity contribution in [2.75, 3.05) is 6.26 Å². The highest BCUT2D eigenvalue weighted by molar-refractivity contribution is 7.98. The topological polar surface area (TPSA) is 20.2 Å². The third kappa shape index (κ3) is 1.37. The molecule has 0 saturated carbocycles. The summed E-state index contributed by atoms with van der Waals surface area (Å²) < 4.78 is 0. The van der Waals surface area contributed by atoms with E-state index in [1.54, 1.807) is 11.8 Å². The van der Waals surface area contributed by atoms with Crippen LogP contribution >= 0.6 is 11.8 Å². The molecule has 1 aromatic carbocycles. The van der Waals surface area contributed by atoms with Crippen molar-refractivity contribution in [1.82, 2.24) is 0 Å². The van der Waals surface area contributed by atoms with Crippen molar-refractivity contribution in [1.29, 1.82) is 0 Å². The standard InChI is InChI=1S/C10H12OS/c1-12-10-3-2-7-4-9(11)5-8(7)6-10/h2-3,6,9,11H,4-5H2,1H3. The van der Waals surface area contributed by atoms with E-state index in [0.29, 0.717) is 0 Å². The molecule has 0 aliphatic heterocycles. The average Bonchev–Trinajstić information content (AvgIpc) is 2.43. The summed E-state index contributed by atoms with van der Waals surface area (Å²) in [5, 5.41) is 9.41. The zero-order chi connectivity index (χ0) is 8.55. The molecule has 0 spiro atoms. The fourth-order valence-corrected chi connectivity index (χ4v) is 2.16. The highest BCUT2D eigenvalue weighted by Gasteiger charge is 2.18. The van der Waals surface area contributed by atoms with Crippen molar-refractivity contribution in [2.45, 2.75) is 23.8 Å². The van der Waals surface area contributed by atoms with Crippen LogP contribution in [-0.4, -0.2) is 17.5 Å². The van der Waals surface area contributed by atoms with Gasteiger partial charge in [0.2, 0.25) is 0 Å². The molecule has 0 fully saturated rings. The molecular weight excluding hydrogens is 168 g/mol. The molecule has 0 bridgehead atoms. The summed E-state index contributed by atoms with van der Waals surface area (Å²) in [4.78, 5) is 1.29. The van der Waals surface area contributed by atoms with Crippen LogP contribution in [0.5, 0.6) is 0 Å². The van der Waals surface area contributed by atoms with Gasteiger partial charge in [-0.15, -0.1) is 11.8 Å². The van der Waals surface area contributed by atoms with E-state index in [-0.39, 0.29) is 6.10 Å². The summed E-state index contributed by atoms with van der Waals surface area (Å²) in [5.41, 5.74) is 2.65. The largest absolute Gasteiger partial charge is 0.392 e. The summed E-state index contributed by atoms with van der Waals surface area (Å²) in [5.74, 6) is 0. The van der Waals surface area contributed by atoms with Crippen molar-refractivity contribution in [3.05, 3.63) is 29.3 Å². The molecule has 2 heteroatoms. The van der Waals surface area contributed by atoms with Crippen molar-refractivity contribution >= 4 is 11.8 Å². The third-order valence-electron chi connectivity index (χ3n) is 2.32. The first-order valence-electron chi connectivity index (χ1n) is 4.13. The zero-order valence-corrected chi connectivity index (χ0v) is 7.90. The molecule has 0 amide bonds. The fourth-order valence-electron chi connectivity index (χ4n) is 1.70. The summed E-state index contributed by atoms with van der Waals surface area (Å²) in [6, 6.07) is 6.45. The average molecular weight is 180 g/mol. The second kappa shape index (κ2) is 3.11. The Morgan fingerprint density at radius 3 is 2.83 bits per heavy atom. The summed E-state index contributed by atoms with van der Waals surface area (Å²) in [7, 11) is 0. The molecule has 1 aliphatic rings. The Morgan fingerprint density at radius 2 is 2.08 bits per heavy atom. The van der Waals surface area contributed by atoms with Gasteiger partial charge in [-0.3, -0.25) is 0 Å². The minimum Gasteiger partial charge on any atom is -0.392 e. The Kier molecular flexibility index (Phi) is 2.11. The van der Waals surface area contributed by atoms with Crippen LogP contribution in [0.15, 0.2) is 23.1 Å². The molecule has 0 heterocycles. The predicted octanol–water partition coefficient (Wildman–Crippen LogP) is 1.87. The minimum atomic E-state index is -0.142. The molecule has 64 valence electrons. The smallest absolute Gasteiger partial charge is 0.0621 e. The molecule has 1 unspecified atom stereocenters. The van der Waals surface area contributed by atoms with Gasteiger partial charge in [-0.1, -0.05) is 6.07 Å². The summed E-state index contributed by atoms with van der Waals surface area (Å²) >= 11 is 1.75. The van der Waals surface area contributed by atoms with Gasteiger partial charge < -0.3 is 5.11 Å². The van der Waals surface area contributed by atoms with Gasteiger partial charge in [0.1, 0.15) is 0 Å². The second-order valence-corrected chi connectivity index (χ2v) is 4.08. The number of thioether (sulfide) groups is 1. The summed E-state index contributed by atoms with van der Waals surface area (Å²) in [6.07, 6.45) is 3.61. The lowest BCUT2D eigenvalue weighted by Gasteiger charge is -2.00. The number of aliphatic hydroxyl groups excluding tert-OH is 1. The van der Waals surface area contributed by atoms with Gasteiger partial charge in [0, 0.05) is 4.90 Å². The van der Waals surface area contributed by atoms with Crippen LogP contribution in [0.4, 0.5) is 0 Å². The monoisotopic (exact) mass is 180 g/mol. The number of fused-ring (bicyclic) bond motifs is 1. The predicted molar refractivity (Wildman–Crippen MR) is 51.6 cm³/mol. The maximum atomic E-state index is 9.41. The minimum absolute atomic E-state index is 0.142. The van der Waals surface area contributed by atoms with Gasteiger partial charge >= 0.3 is 0 Å². The molecule has 0 aromatic heterocycles. The molecule has 1 nitrogen and oxygen atoms in total. The molecule has 1 atom stereocenters. The van der Waals surface area contributed by atoms with Crippen LogP contribution in [-0.2, 0) is 12.8 Å². The lowest BCUT2D eigenvalue weighted by atomic mass is 10.1. The van der Waals surface area contributed by atoms with Gasteiger partial charge in [0.25, 0.3) is 0 Å². The molecular formula is C10H12OS. The Morgan fingerprint density at radius 1 is 1.33 bits per heavy atom. The number of rotatable bonds is 1. The number of hydrogen-bond acceptors (Lipinski definition) is 2. The van der Waals surface area contributed by atoms with Gasteiger partial charge in [0.05, 0.1) is 6.10 Å². The van der Waals surface area contributed by atoms with Crippen molar-refractivity contribution < 1.29 is 5.11 Å².